The molecule has 0 aliphatic carbocycles. The van der Waals surface area contributed by atoms with E-state index in [1.54, 1.807) is 0 Å². The number of nitrogens with two attached hydrogens (primary N) is 1. The molecule has 1 unspecified atom stereocenters. The minimum Gasteiger partial charge on any atom is -0.320 e. The molecule has 1 aromatic heterocycles. The molecule has 16 heavy (non-hydrogen) atoms. The highest BCUT2D eigenvalue weighted by molar-refractivity contribution is 14.1. The van der Waals surface area contributed by atoms with Crippen molar-refractivity contribution in [3.63, 3.8) is 0 Å². The average Bonchev–Trinajstić information content (AvgIpc) is 2.28. The zero-order chi connectivity index (χ0) is 11.5. The molecule has 0 aliphatic heterocycles. The average molecular weight is 324 g/mol. The third-order valence-corrected chi connectivity index (χ3v) is 3.13. The van der Waals surface area contributed by atoms with Crippen LogP contribution in [0, 0.1) is 10.5 Å². The maximum Gasteiger partial charge on any atom is 0.0567 e. The van der Waals surface area contributed by atoms with Gasteiger partial charge in [-0.2, -0.15) is 0 Å². The standard InChI is InChI=1S/C13H13IN2/c1-9-5-11(8-16-7-9)13(15)10-3-2-4-12(14)6-10/h2-8,13H,15H2,1H3. The molecule has 2 aromatic rings. The third-order valence-electron chi connectivity index (χ3n) is 2.46. The highest BCUT2D eigenvalue weighted by Gasteiger charge is 2.09. The molecular formula is C13H13IN2. The van der Waals surface area contributed by atoms with Crippen molar-refractivity contribution < 1.29 is 0 Å². The second-order valence-electron chi connectivity index (χ2n) is 3.83. The largest absolute Gasteiger partial charge is 0.320 e. The fourth-order valence-corrected chi connectivity index (χ4v) is 2.21. The number of rotatable bonds is 2. The van der Waals surface area contributed by atoms with Gasteiger partial charge in [0.25, 0.3) is 0 Å². The molecule has 0 bridgehead atoms. The highest BCUT2D eigenvalue weighted by atomic mass is 127. The van der Waals surface area contributed by atoms with Crippen LogP contribution in [0.1, 0.15) is 22.7 Å². The molecule has 2 nitrogen and oxygen atoms in total. The molecule has 0 fully saturated rings. The van der Waals surface area contributed by atoms with Gasteiger partial charge in [0.1, 0.15) is 0 Å². The van der Waals surface area contributed by atoms with E-state index in [-0.39, 0.29) is 6.04 Å². The molecule has 1 atom stereocenters. The van der Waals surface area contributed by atoms with Gasteiger partial charge in [-0.05, 0) is 58.3 Å². The Balaban J connectivity index is 2.35. The molecule has 82 valence electrons. The normalized spacial score (nSPS) is 12.4. The summed E-state index contributed by atoms with van der Waals surface area (Å²) in [6, 6.07) is 10.2. The predicted octanol–water partition coefficient (Wildman–Crippen LogP) is 3.04. The van der Waals surface area contributed by atoms with E-state index in [2.05, 4.69) is 51.8 Å². The van der Waals surface area contributed by atoms with Crippen molar-refractivity contribution in [1.82, 2.24) is 4.98 Å². The number of benzene rings is 1. The first-order valence-electron chi connectivity index (χ1n) is 5.09. The summed E-state index contributed by atoms with van der Waals surface area (Å²) in [6.45, 7) is 2.03. The van der Waals surface area contributed by atoms with E-state index in [1.165, 1.54) is 3.57 Å². The highest BCUT2D eigenvalue weighted by Crippen LogP contribution is 2.20. The van der Waals surface area contributed by atoms with Gasteiger partial charge in [0, 0.05) is 16.0 Å². The van der Waals surface area contributed by atoms with Crippen molar-refractivity contribution >= 4 is 22.6 Å². The minimum absolute atomic E-state index is 0.0953. The summed E-state index contributed by atoms with van der Waals surface area (Å²) in [6.07, 6.45) is 3.67. The molecular weight excluding hydrogens is 311 g/mol. The van der Waals surface area contributed by atoms with Gasteiger partial charge in [0.05, 0.1) is 6.04 Å². The van der Waals surface area contributed by atoms with E-state index in [9.17, 15) is 0 Å². The molecule has 2 N–H and O–H groups in total. The van der Waals surface area contributed by atoms with Crippen molar-refractivity contribution in [3.05, 3.63) is 63.0 Å². The van der Waals surface area contributed by atoms with E-state index in [0.29, 0.717) is 0 Å². The van der Waals surface area contributed by atoms with Crippen LogP contribution in [-0.4, -0.2) is 4.98 Å². The summed E-state index contributed by atoms with van der Waals surface area (Å²) in [7, 11) is 0. The molecule has 0 aliphatic rings. The Morgan fingerprint density at radius 2 is 2.00 bits per heavy atom. The molecule has 3 heteroatoms. The molecule has 0 saturated carbocycles. The lowest BCUT2D eigenvalue weighted by molar-refractivity contribution is 0.859. The van der Waals surface area contributed by atoms with Crippen LogP contribution < -0.4 is 5.73 Å². The van der Waals surface area contributed by atoms with Crippen LogP contribution in [0.5, 0.6) is 0 Å². The lowest BCUT2D eigenvalue weighted by atomic mass is 10.0. The smallest absolute Gasteiger partial charge is 0.0567 e. The Hall–Kier alpha value is -0.940. The number of nitrogens with zero attached hydrogens (tertiary/aromatic N) is 1. The SMILES string of the molecule is Cc1cncc(C(N)c2cccc(I)c2)c1. The van der Waals surface area contributed by atoms with E-state index < -0.39 is 0 Å². The zero-order valence-electron chi connectivity index (χ0n) is 9.02. The Morgan fingerprint density at radius 3 is 2.69 bits per heavy atom. The summed E-state index contributed by atoms with van der Waals surface area (Å²) >= 11 is 2.29. The molecule has 1 heterocycles. The number of pyridine rings is 1. The van der Waals surface area contributed by atoms with Crippen LogP contribution in [0.4, 0.5) is 0 Å². The quantitative estimate of drug-likeness (QED) is 0.863. The van der Waals surface area contributed by atoms with Crippen LogP contribution in [0.2, 0.25) is 0 Å². The first-order valence-corrected chi connectivity index (χ1v) is 6.17. The number of hydrogen-bond donors (Lipinski definition) is 1. The van der Waals surface area contributed by atoms with E-state index in [4.69, 9.17) is 5.73 Å². The Kier molecular flexibility index (Phi) is 3.56. The van der Waals surface area contributed by atoms with Crippen LogP contribution in [-0.2, 0) is 0 Å². The van der Waals surface area contributed by atoms with Gasteiger partial charge in [0.15, 0.2) is 0 Å². The first kappa shape index (κ1) is 11.5. The molecule has 0 spiro atoms. The number of aromatic nitrogens is 1. The van der Waals surface area contributed by atoms with Crippen molar-refractivity contribution in [2.45, 2.75) is 13.0 Å². The fourth-order valence-electron chi connectivity index (χ4n) is 1.64. The van der Waals surface area contributed by atoms with Gasteiger partial charge in [0.2, 0.25) is 0 Å². The second-order valence-corrected chi connectivity index (χ2v) is 5.07. The molecule has 2 rings (SSSR count). The number of aryl methyl sites for hydroxylation is 1. The maximum atomic E-state index is 6.21. The summed E-state index contributed by atoms with van der Waals surface area (Å²) in [4.78, 5) is 4.17. The monoisotopic (exact) mass is 324 g/mol. The van der Waals surface area contributed by atoms with Crippen molar-refractivity contribution in [2.75, 3.05) is 0 Å². The maximum absolute atomic E-state index is 6.21. The van der Waals surface area contributed by atoms with Gasteiger partial charge in [-0.15, -0.1) is 0 Å². The molecule has 0 radical (unpaired) electrons. The Labute approximate surface area is 109 Å². The van der Waals surface area contributed by atoms with Crippen LogP contribution in [0.25, 0.3) is 0 Å². The van der Waals surface area contributed by atoms with E-state index in [0.717, 1.165) is 16.7 Å². The van der Waals surface area contributed by atoms with Gasteiger partial charge in [-0.1, -0.05) is 18.2 Å². The topological polar surface area (TPSA) is 38.9 Å². The van der Waals surface area contributed by atoms with E-state index >= 15 is 0 Å². The molecule has 0 amide bonds. The summed E-state index contributed by atoms with van der Waals surface area (Å²) < 4.78 is 1.20. The summed E-state index contributed by atoms with van der Waals surface area (Å²) in [5, 5.41) is 0. The van der Waals surface area contributed by atoms with Crippen molar-refractivity contribution in [2.24, 2.45) is 5.73 Å². The fraction of sp³-hybridized carbons (Fsp3) is 0.154. The molecule has 0 saturated heterocycles. The van der Waals surface area contributed by atoms with Crippen LogP contribution in [0.15, 0.2) is 42.7 Å². The number of hydrogen-bond acceptors (Lipinski definition) is 2. The Morgan fingerprint density at radius 1 is 1.19 bits per heavy atom. The second kappa shape index (κ2) is 4.93. The summed E-state index contributed by atoms with van der Waals surface area (Å²) in [5.74, 6) is 0. The third kappa shape index (κ3) is 2.59. The van der Waals surface area contributed by atoms with Gasteiger partial charge < -0.3 is 5.73 Å². The van der Waals surface area contributed by atoms with Crippen LogP contribution >= 0.6 is 22.6 Å². The minimum atomic E-state index is -0.0953. The van der Waals surface area contributed by atoms with Crippen molar-refractivity contribution in [3.8, 4) is 0 Å². The van der Waals surface area contributed by atoms with Gasteiger partial charge in [-0.25, -0.2) is 0 Å². The van der Waals surface area contributed by atoms with E-state index in [1.807, 2.05) is 25.4 Å². The summed E-state index contributed by atoms with van der Waals surface area (Å²) in [5.41, 5.74) is 9.53. The van der Waals surface area contributed by atoms with Crippen molar-refractivity contribution in [1.29, 1.82) is 0 Å². The lowest BCUT2D eigenvalue weighted by Gasteiger charge is -2.12. The van der Waals surface area contributed by atoms with Gasteiger partial charge >= 0.3 is 0 Å². The predicted molar refractivity (Wildman–Crippen MR) is 74.2 cm³/mol. The zero-order valence-corrected chi connectivity index (χ0v) is 11.2. The Bertz CT molecular complexity index is 451. The lowest BCUT2D eigenvalue weighted by Crippen LogP contribution is -2.12. The van der Waals surface area contributed by atoms with Crippen LogP contribution in [0.3, 0.4) is 0 Å². The number of halogens is 1. The molecule has 1 aromatic carbocycles. The van der Waals surface area contributed by atoms with Gasteiger partial charge in [-0.3, -0.25) is 4.98 Å². The first-order chi connectivity index (χ1) is 7.66.